The average Bonchev–Trinajstić information content (AvgIpc) is 3.11. The molecule has 0 spiro atoms. The lowest BCUT2D eigenvalue weighted by atomic mass is 10.0. The molecule has 2 N–H and O–H groups in total. The molecule has 4 nitrogen and oxygen atoms in total. The fourth-order valence-electron chi connectivity index (χ4n) is 3.16. The molecule has 3 aromatic rings. The van der Waals surface area contributed by atoms with Crippen molar-refractivity contribution in [3.8, 4) is 0 Å². The van der Waals surface area contributed by atoms with Crippen LogP contribution in [-0.4, -0.2) is 21.6 Å². The average molecular weight is 449 g/mol. The van der Waals surface area contributed by atoms with Crippen LogP contribution in [0.3, 0.4) is 0 Å². The Morgan fingerprint density at radius 2 is 1.77 bits per heavy atom. The molecular weight excluding hydrogens is 425 g/mol. The van der Waals surface area contributed by atoms with Crippen molar-refractivity contribution in [1.29, 1.82) is 0 Å². The van der Waals surface area contributed by atoms with E-state index >= 15 is 0 Å². The number of amides is 1. The minimum atomic E-state index is -4.54. The summed E-state index contributed by atoms with van der Waals surface area (Å²) in [6.07, 6.45) is -3.91. The molecule has 0 aliphatic carbocycles. The number of hydrogen-bond acceptors (Lipinski definition) is 2. The van der Waals surface area contributed by atoms with Gasteiger partial charge in [-0.05, 0) is 68.1 Å². The second kappa shape index (κ2) is 9.09. The van der Waals surface area contributed by atoms with E-state index in [1.54, 1.807) is 13.0 Å². The van der Waals surface area contributed by atoms with Crippen LogP contribution in [0.2, 0.25) is 0 Å². The molecule has 1 unspecified atom stereocenters. The summed E-state index contributed by atoms with van der Waals surface area (Å²) in [4.78, 5) is 15.5. The maximum atomic E-state index is 13.0. The van der Waals surface area contributed by atoms with E-state index < -0.39 is 28.4 Å². The number of carbonyl (C=O) groups is 1. The highest BCUT2D eigenvalue weighted by molar-refractivity contribution is 7.85. The Kier molecular flexibility index (Phi) is 6.69. The molecule has 8 heteroatoms. The van der Waals surface area contributed by atoms with Crippen LogP contribution < -0.4 is 5.32 Å². The van der Waals surface area contributed by atoms with Crippen LogP contribution in [0.5, 0.6) is 0 Å². The molecule has 31 heavy (non-hydrogen) atoms. The molecule has 0 aliphatic rings. The van der Waals surface area contributed by atoms with E-state index in [2.05, 4.69) is 16.4 Å². The zero-order valence-electron chi connectivity index (χ0n) is 17.4. The number of H-pyrrole nitrogens is 1. The predicted octanol–water partition coefficient (Wildman–Crippen LogP) is 5.10. The highest BCUT2D eigenvalue weighted by Gasteiger charge is 2.31. The Morgan fingerprint density at radius 1 is 1.03 bits per heavy atom. The fourth-order valence-corrected chi connectivity index (χ4v) is 4.44. The number of rotatable bonds is 6. The topological polar surface area (TPSA) is 62.0 Å². The van der Waals surface area contributed by atoms with Gasteiger partial charge in [-0.1, -0.05) is 24.3 Å². The van der Waals surface area contributed by atoms with Gasteiger partial charge in [0.15, 0.2) is 0 Å². The van der Waals surface area contributed by atoms with Gasteiger partial charge in [-0.15, -0.1) is 0 Å². The quantitative estimate of drug-likeness (QED) is 0.551. The summed E-state index contributed by atoms with van der Waals surface area (Å²) in [6, 6.07) is 12.0. The molecule has 1 atom stereocenters. The largest absolute Gasteiger partial charge is 0.416 e. The van der Waals surface area contributed by atoms with Crippen LogP contribution in [0.25, 0.3) is 0 Å². The standard InChI is InChI=1S/C23H23F3N2O2S/c1-14-7-8-17(11-15(14)2)9-10-27-21(29)20-12-16(3)28-22(20)31(30)19-6-4-5-18(13-19)23(24,25)26/h4-8,11-13,28H,9-10H2,1-3H3,(H,27,29). The summed E-state index contributed by atoms with van der Waals surface area (Å²) < 4.78 is 52.0. The Morgan fingerprint density at radius 3 is 2.45 bits per heavy atom. The van der Waals surface area contributed by atoms with Crippen molar-refractivity contribution >= 4 is 16.7 Å². The van der Waals surface area contributed by atoms with Crippen LogP contribution in [0.4, 0.5) is 13.2 Å². The normalized spacial score (nSPS) is 12.6. The van der Waals surface area contributed by atoms with Crippen molar-refractivity contribution in [2.24, 2.45) is 0 Å². The zero-order valence-corrected chi connectivity index (χ0v) is 18.2. The predicted molar refractivity (Wildman–Crippen MR) is 114 cm³/mol. The lowest BCUT2D eigenvalue weighted by molar-refractivity contribution is -0.137. The molecule has 1 aromatic heterocycles. The van der Waals surface area contributed by atoms with Crippen molar-refractivity contribution in [3.63, 3.8) is 0 Å². The smallest absolute Gasteiger partial charge is 0.352 e. The van der Waals surface area contributed by atoms with Crippen molar-refractivity contribution < 1.29 is 22.2 Å². The monoisotopic (exact) mass is 448 g/mol. The minimum Gasteiger partial charge on any atom is -0.352 e. The first-order valence-corrected chi connectivity index (χ1v) is 10.8. The van der Waals surface area contributed by atoms with Gasteiger partial charge in [0.25, 0.3) is 5.91 Å². The summed E-state index contributed by atoms with van der Waals surface area (Å²) in [7, 11) is -1.97. The lowest BCUT2D eigenvalue weighted by Crippen LogP contribution is -2.26. The van der Waals surface area contributed by atoms with Gasteiger partial charge >= 0.3 is 6.18 Å². The van der Waals surface area contributed by atoms with Gasteiger partial charge in [-0.2, -0.15) is 13.2 Å². The Hall–Kier alpha value is -2.87. The molecule has 0 fully saturated rings. The highest BCUT2D eigenvalue weighted by atomic mass is 32.2. The molecule has 0 saturated heterocycles. The minimum absolute atomic E-state index is 0.0270. The van der Waals surface area contributed by atoms with Crippen LogP contribution in [-0.2, 0) is 23.4 Å². The van der Waals surface area contributed by atoms with Crippen molar-refractivity contribution in [1.82, 2.24) is 10.3 Å². The lowest BCUT2D eigenvalue weighted by Gasteiger charge is -2.10. The number of nitrogens with one attached hydrogen (secondary N) is 2. The SMILES string of the molecule is Cc1cc(C(=O)NCCc2ccc(C)c(C)c2)c(S(=O)c2cccc(C(F)(F)F)c2)[nH]1. The summed E-state index contributed by atoms with van der Waals surface area (Å²) in [6.45, 7) is 6.12. The maximum absolute atomic E-state index is 13.0. The van der Waals surface area contributed by atoms with E-state index in [9.17, 15) is 22.2 Å². The first kappa shape index (κ1) is 22.8. The van der Waals surface area contributed by atoms with Gasteiger partial charge in [-0.3, -0.25) is 4.79 Å². The van der Waals surface area contributed by atoms with E-state index in [1.165, 1.54) is 23.3 Å². The van der Waals surface area contributed by atoms with E-state index in [4.69, 9.17) is 0 Å². The van der Waals surface area contributed by atoms with Crippen molar-refractivity contribution in [2.75, 3.05) is 6.54 Å². The number of benzene rings is 2. The molecule has 2 aromatic carbocycles. The third kappa shape index (κ3) is 5.44. The van der Waals surface area contributed by atoms with Gasteiger partial charge in [0.2, 0.25) is 0 Å². The van der Waals surface area contributed by atoms with Crippen LogP contribution in [0.1, 0.15) is 38.3 Å². The van der Waals surface area contributed by atoms with Gasteiger partial charge in [-0.25, -0.2) is 4.21 Å². The van der Waals surface area contributed by atoms with Crippen LogP contribution in [0.15, 0.2) is 58.5 Å². The second-order valence-corrected chi connectivity index (χ2v) is 8.83. The second-order valence-electron chi connectivity index (χ2n) is 7.41. The summed E-state index contributed by atoms with van der Waals surface area (Å²) in [5, 5.41) is 2.89. The number of alkyl halides is 3. The Bertz CT molecular complexity index is 1140. The third-order valence-electron chi connectivity index (χ3n) is 4.99. The molecule has 0 bridgehead atoms. The van der Waals surface area contributed by atoms with Crippen LogP contribution >= 0.6 is 0 Å². The molecule has 0 aliphatic heterocycles. The van der Waals surface area contributed by atoms with Crippen molar-refractivity contribution in [3.05, 3.63) is 82.0 Å². The Balaban J connectivity index is 1.75. The number of carbonyl (C=O) groups excluding carboxylic acids is 1. The van der Waals surface area contributed by atoms with E-state index in [0.717, 1.165) is 17.7 Å². The fraction of sp³-hybridized carbons (Fsp3) is 0.261. The molecule has 3 rings (SSSR count). The van der Waals surface area contributed by atoms with Gasteiger partial charge < -0.3 is 10.3 Å². The number of aromatic amines is 1. The van der Waals surface area contributed by atoms with Crippen molar-refractivity contribution in [2.45, 2.75) is 43.3 Å². The van der Waals surface area contributed by atoms with E-state index in [0.29, 0.717) is 18.7 Å². The summed E-state index contributed by atoms with van der Waals surface area (Å²) in [5.41, 5.74) is 3.31. The summed E-state index contributed by atoms with van der Waals surface area (Å²) in [5.74, 6) is -0.427. The maximum Gasteiger partial charge on any atom is 0.416 e. The molecule has 1 heterocycles. The highest BCUT2D eigenvalue weighted by Crippen LogP contribution is 2.31. The van der Waals surface area contributed by atoms with Gasteiger partial charge in [0, 0.05) is 17.1 Å². The number of hydrogen-bond donors (Lipinski definition) is 2. The van der Waals surface area contributed by atoms with E-state index in [-0.39, 0.29) is 15.5 Å². The van der Waals surface area contributed by atoms with Gasteiger partial charge in [0.1, 0.15) is 15.8 Å². The molecular formula is C23H23F3N2O2S. The Labute approximate surface area is 181 Å². The molecule has 164 valence electrons. The first-order chi connectivity index (χ1) is 14.6. The number of halogens is 3. The van der Waals surface area contributed by atoms with E-state index in [1.807, 2.05) is 26.0 Å². The first-order valence-electron chi connectivity index (χ1n) is 9.69. The van der Waals surface area contributed by atoms with Gasteiger partial charge in [0.05, 0.1) is 11.1 Å². The summed E-state index contributed by atoms with van der Waals surface area (Å²) >= 11 is 0. The number of aryl methyl sites for hydroxylation is 3. The number of aromatic nitrogens is 1. The molecule has 1 amide bonds. The zero-order chi connectivity index (χ0) is 22.8. The molecule has 0 radical (unpaired) electrons. The molecule has 0 saturated carbocycles. The third-order valence-corrected chi connectivity index (χ3v) is 6.37. The van der Waals surface area contributed by atoms with Crippen LogP contribution in [0, 0.1) is 20.8 Å².